The highest BCUT2D eigenvalue weighted by molar-refractivity contribution is 6.04. The molecule has 0 heterocycles. The number of amides is 1. The third-order valence-electron chi connectivity index (χ3n) is 10.7. The Hall–Kier alpha value is -1.42. The molecule has 4 heteroatoms. The van der Waals surface area contributed by atoms with E-state index in [0.29, 0.717) is 28.6 Å². The zero-order valence-electron chi connectivity index (χ0n) is 21.3. The van der Waals surface area contributed by atoms with E-state index in [2.05, 4.69) is 45.1 Å². The number of carbonyl (C=O) groups excluding carboxylic acids is 2. The summed E-state index contributed by atoms with van der Waals surface area (Å²) in [5.41, 5.74) is 1.67. The number of Topliss-reactive ketones (excluding diaryl/α,β-unsaturated/α-hetero) is 1. The van der Waals surface area contributed by atoms with Crippen LogP contribution in [0.3, 0.4) is 0 Å². The maximum Gasteiger partial charge on any atom is 0.251 e. The molecule has 3 saturated carbocycles. The minimum Gasteiger partial charge on any atom is -0.319 e. The topological polar surface area (TPSA) is 49.4 Å². The highest BCUT2D eigenvalue weighted by Gasteiger charge is 2.61. The van der Waals surface area contributed by atoms with Crippen molar-refractivity contribution in [3.05, 3.63) is 23.4 Å². The molecule has 0 aromatic heterocycles. The molecule has 1 amide bonds. The fraction of sp³-hybridized carbons (Fsp3) is 0.786. The van der Waals surface area contributed by atoms with E-state index in [-0.39, 0.29) is 23.0 Å². The van der Waals surface area contributed by atoms with Crippen LogP contribution in [0.15, 0.2) is 23.4 Å². The van der Waals surface area contributed by atoms with Crippen molar-refractivity contribution >= 4 is 11.7 Å². The third kappa shape index (κ3) is 3.52. The number of nitrogens with one attached hydrogen (secondary N) is 1. The number of nitrogens with zero attached hydrogens (tertiary/aromatic N) is 1. The molecular weight excluding hydrogens is 396 g/mol. The molecule has 0 aromatic rings. The van der Waals surface area contributed by atoms with Crippen LogP contribution in [0.2, 0.25) is 0 Å². The fourth-order valence-electron chi connectivity index (χ4n) is 8.45. The normalized spacial score (nSPS) is 42.6. The predicted molar refractivity (Wildman–Crippen MR) is 130 cm³/mol. The van der Waals surface area contributed by atoms with Crippen molar-refractivity contribution in [2.24, 2.45) is 40.4 Å². The van der Waals surface area contributed by atoms with Gasteiger partial charge in [0.05, 0.1) is 5.70 Å². The Balaban J connectivity index is 1.56. The van der Waals surface area contributed by atoms with E-state index < -0.39 is 0 Å². The van der Waals surface area contributed by atoms with Crippen molar-refractivity contribution < 1.29 is 9.59 Å². The number of allylic oxidation sites excluding steroid dienone is 3. The van der Waals surface area contributed by atoms with E-state index in [1.165, 1.54) is 32.1 Å². The van der Waals surface area contributed by atoms with E-state index >= 15 is 0 Å². The van der Waals surface area contributed by atoms with Gasteiger partial charge in [-0.25, -0.2) is 0 Å². The number of rotatable bonds is 4. The third-order valence-corrected chi connectivity index (χ3v) is 10.7. The Kier molecular flexibility index (Phi) is 6.24. The number of hydrogen-bond acceptors (Lipinski definition) is 3. The average Bonchev–Trinajstić information content (AvgIpc) is 3.11. The zero-order valence-corrected chi connectivity index (χ0v) is 21.3. The van der Waals surface area contributed by atoms with Crippen molar-refractivity contribution in [1.82, 2.24) is 10.2 Å². The van der Waals surface area contributed by atoms with Gasteiger partial charge in [-0.2, -0.15) is 0 Å². The van der Waals surface area contributed by atoms with Crippen LogP contribution in [-0.4, -0.2) is 36.7 Å². The molecule has 0 saturated heterocycles. The van der Waals surface area contributed by atoms with Gasteiger partial charge in [0, 0.05) is 17.5 Å². The SMILES string of the molecule is C/C=C(\C)C(=O)NC1=CC[C@@]2(C)[C@@H](CC[C@H]3C4CC[C@H]([C@H](C)N(C)C)[C@@]4(C)CC[C@@H]32)C1=O. The van der Waals surface area contributed by atoms with Gasteiger partial charge in [-0.3, -0.25) is 9.59 Å². The van der Waals surface area contributed by atoms with Crippen LogP contribution in [0, 0.1) is 40.4 Å². The lowest BCUT2D eigenvalue weighted by Gasteiger charge is -2.60. The van der Waals surface area contributed by atoms with Crippen LogP contribution in [0.25, 0.3) is 0 Å². The molecule has 32 heavy (non-hydrogen) atoms. The quantitative estimate of drug-likeness (QED) is 0.600. The van der Waals surface area contributed by atoms with Crippen LogP contribution in [0.1, 0.15) is 79.6 Å². The molecule has 0 aliphatic heterocycles. The van der Waals surface area contributed by atoms with E-state index in [1.54, 1.807) is 13.0 Å². The molecule has 4 nitrogen and oxygen atoms in total. The molecule has 4 aliphatic rings. The summed E-state index contributed by atoms with van der Waals surface area (Å²) in [6, 6.07) is 0.625. The van der Waals surface area contributed by atoms with E-state index in [1.807, 2.05) is 13.0 Å². The minimum atomic E-state index is -0.148. The molecule has 1 unspecified atom stereocenters. The van der Waals surface area contributed by atoms with Crippen LogP contribution >= 0.6 is 0 Å². The predicted octanol–water partition coefficient (Wildman–Crippen LogP) is 5.35. The molecule has 0 radical (unpaired) electrons. The largest absolute Gasteiger partial charge is 0.319 e. The van der Waals surface area contributed by atoms with Gasteiger partial charge >= 0.3 is 0 Å². The first-order chi connectivity index (χ1) is 15.0. The van der Waals surface area contributed by atoms with Gasteiger partial charge in [0.25, 0.3) is 5.91 Å². The van der Waals surface area contributed by atoms with Gasteiger partial charge in [0.2, 0.25) is 0 Å². The Morgan fingerprint density at radius 1 is 1.12 bits per heavy atom. The van der Waals surface area contributed by atoms with Crippen molar-refractivity contribution in [3.8, 4) is 0 Å². The van der Waals surface area contributed by atoms with E-state index in [9.17, 15) is 9.59 Å². The van der Waals surface area contributed by atoms with Crippen molar-refractivity contribution in [1.29, 1.82) is 0 Å². The Labute approximate surface area is 195 Å². The Bertz CT molecular complexity index is 842. The van der Waals surface area contributed by atoms with Crippen LogP contribution in [0.5, 0.6) is 0 Å². The lowest BCUT2D eigenvalue weighted by molar-refractivity contribution is -0.141. The van der Waals surface area contributed by atoms with E-state index in [4.69, 9.17) is 0 Å². The van der Waals surface area contributed by atoms with Gasteiger partial charge in [-0.15, -0.1) is 0 Å². The molecule has 178 valence electrons. The summed E-state index contributed by atoms with van der Waals surface area (Å²) in [4.78, 5) is 28.3. The van der Waals surface area contributed by atoms with Gasteiger partial charge in [0.1, 0.15) is 0 Å². The van der Waals surface area contributed by atoms with Gasteiger partial charge in [-0.05, 0) is 114 Å². The van der Waals surface area contributed by atoms with Crippen LogP contribution < -0.4 is 5.32 Å². The lowest BCUT2D eigenvalue weighted by atomic mass is 9.45. The second-order valence-corrected chi connectivity index (χ2v) is 12.1. The molecule has 0 bridgehead atoms. The highest BCUT2D eigenvalue weighted by atomic mass is 16.2. The molecule has 8 atom stereocenters. The summed E-state index contributed by atoms with van der Waals surface area (Å²) in [5.74, 6) is 3.03. The van der Waals surface area contributed by atoms with Crippen molar-refractivity contribution in [2.75, 3.05) is 14.1 Å². The highest BCUT2D eigenvalue weighted by Crippen LogP contribution is 2.67. The van der Waals surface area contributed by atoms with E-state index in [0.717, 1.165) is 30.6 Å². The van der Waals surface area contributed by atoms with Gasteiger partial charge < -0.3 is 10.2 Å². The molecule has 3 fully saturated rings. The second kappa shape index (κ2) is 8.42. The maximum atomic E-state index is 13.5. The summed E-state index contributed by atoms with van der Waals surface area (Å²) < 4.78 is 0. The summed E-state index contributed by atoms with van der Waals surface area (Å²) in [6.45, 7) is 11.0. The molecule has 4 aliphatic carbocycles. The first kappa shape index (κ1) is 23.7. The monoisotopic (exact) mass is 440 g/mol. The summed E-state index contributed by atoms with van der Waals surface area (Å²) >= 11 is 0. The standard InChI is InChI=1S/C28H44N2O2/c1-8-17(2)26(32)29-24-14-16-28(5)22-13-15-27(4)20(18(3)30(6)7)11-12-21(27)19(22)9-10-23(28)25(24)31/h8,14,18-23H,9-13,15-16H2,1-7H3,(H,29,32)/b17-8+/t18-,19-,20+,21?,22-,23-,27+,28+/m0/s1. The van der Waals surface area contributed by atoms with Crippen molar-refractivity contribution in [3.63, 3.8) is 0 Å². The first-order valence-corrected chi connectivity index (χ1v) is 12.9. The van der Waals surface area contributed by atoms with Crippen LogP contribution in [-0.2, 0) is 9.59 Å². The fourth-order valence-corrected chi connectivity index (χ4v) is 8.45. The van der Waals surface area contributed by atoms with Gasteiger partial charge in [-0.1, -0.05) is 26.0 Å². The number of carbonyl (C=O) groups is 2. The molecule has 0 aromatic carbocycles. The summed E-state index contributed by atoms with van der Waals surface area (Å²) in [7, 11) is 4.46. The number of fused-ring (bicyclic) bond motifs is 5. The molecule has 0 spiro atoms. The summed E-state index contributed by atoms with van der Waals surface area (Å²) in [5, 5.41) is 2.91. The first-order valence-electron chi connectivity index (χ1n) is 12.9. The zero-order chi connectivity index (χ0) is 23.4. The maximum absolute atomic E-state index is 13.5. The Morgan fingerprint density at radius 2 is 1.81 bits per heavy atom. The van der Waals surface area contributed by atoms with Crippen molar-refractivity contribution in [2.45, 2.75) is 85.6 Å². The smallest absolute Gasteiger partial charge is 0.251 e. The molecule has 1 N–H and O–H groups in total. The Morgan fingerprint density at radius 3 is 2.47 bits per heavy atom. The summed E-state index contributed by atoms with van der Waals surface area (Å²) in [6.07, 6.45) is 12.2. The molecular formula is C28H44N2O2. The number of hydrogen-bond donors (Lipinski definition) is 1. The molecule has 4 rings (SSSR count). The van der Waals surface area contributed by atoms with Crippen LogP contribution in [0.4, 0.5) is 0 Å². The van der Waals surface area contributed by atoms with Gasteiger partial charge in [0.15, 0.2) is 5.78 Å². The average molecular weight is 441 g/mol. The number of ketones is 1. The second-order valence-electron chi connectivity index (χ2n) is 12.1. The lowest BCUT2D eigenvalue weighted by Crippen LogP contribution is -2.56. The minimum absolute atomic E-state index is 0.0381.